The number of carbonyl (C=O) groups excluding carboxylic acids is 2. The van der Waals surface area contributed by atoms with Crippen molar-refractivity contribution in [2.24, 2.45) is 7.05 Å². The van der Waals surface area contributed by atoms with Gasteiger partial charge in [0.2, 0.25) is 11.5 Å². The number of pyridine rings is 1. The molecule has 1 aliphatic heterocycles. The predicted molar refractivity (Wildman–Crippen MR) is 118 cm³/mol. The highest BCUT2D eigenvalue weighted by Gasteiger charge is 2.38. The van der Waals surface area contributed by atoms with E-state index in [1.54, 1.807) is 32.3 Å². The van der Waals surface area contributed by atoms with Gasteiger partial charge < -0.3 is 13.9 Å². The lowest BCUT2D eigenvalue weighted by Crippen LogP contribution is -2.46. The van der Waals surface area contributed by atoms with Crippen molar-refractivity contribution in [3.05, 3.63) is 41.0 Å². The van der Waals surface area contributed by atoms with Gasteiger partial charge in [0.25, 0.3) is 0 Å². The predicted octanol–water partition coefficient (Wildman–Crippen LogP) is 4.37. The maximum absolute atomic E-state index is 13.4. The van der Waals surface area contributed by atoms with Crippen molar-refractivity contribution in [3.8, 4) is 0 Å². The van der Waals surface area contributed by atoms with E-state index >= 15 is 0 Å². The van der Waals surface area contributed by atoms with Crippen molar-refractivity contribution in [1.82, 2.24) is 14.8 Å². The molecule has 0 saturated carbocycles. The quantitative estimate of drug-likeness (QED) is 0.397. The van der Waals surface area contributed by atoms with Gasteiger partial charge >= 0.3 is 6.09 Å². The van der Waals surface area contributed by atoms with Crippen LogP contribution in [-0.2, 0) is 16.5 Å². The molecule has 10 heteroatoms. The summed E-state index contributed by atoms with van der Waals surface area (Å²) in [5.41, 5.74) is 1.28. The van der Waals surface area contributed by atoms with Gasteiger partial charge in [-0.25, -0.2) is 9.78 Å². The normalized spacial score (nSPS) is 18.6. The zero-order chi connectivity index (χ0) is 22.8. The summed E-state index contributed by atoms with van der Waals surface area (Å²) < 4.78 is 18.7. The van der Waals surface area contributed by atoms with E-state index in [-0.39, 0.29) is 35.4 Å². The lowest BCUT2D eigenvalue weighted by atomic mass is 9.99. The molecule has 0 aliphatic carbocycles. The molecule has 3 aromatic heterocycles. The third-order valence-corrected chi connectivity index (χ3v) is 5.72. The Hall–Kier alpha value is -2.91. The molecule has 0 unspecified atom stereocenters. The number of fused-ring (bicyclic) bond motifs is 1. The fraction of sp³-hybridized carbons (Fsp3) is 0.455. The number of ether oxygens (including phenoxy) is 2. The van der Waals surface area contributed by atoms with Gasteiger partial charge in [0, 0.05) is 25.9 Å². The van der Waals surface area contributed by atoms with Crippen LogP contribution in [0.15, 0.2) is 28.9 Å². The van der Waals surface area contributed by atoms with Gasteiger partial charge in [0.15, 0.2) is 5.58 Å². The van der Waals surface area contributed by atoms with Crippen molar-refractivity contribution in [2.75, 3.05) is 18.1 Å². The van der Waals surface area contributed by atoms with Gasteiger partial charge in [-0.1, -0.05) is 18.5 Å². The van der Waals surface area contributed by atoms with E-state index in [2.05, 4.69) is 10.1 Å². The largest absolute Gasteiger partial charge is 0.449 e. The van der Waals surface area contributed by atoms with Crippen molar-refractivity contribution in [1.29, 1.82) is 0 Å². The number of furan rings is 1. The molecule has 3 aromatic rings. The van der Waals surface area contributed by atoms with E-state index in [1.165, 1.54) is 15.8 Å². The van der Waals surface area contributed by atoms with Crippen LogP contribution in [0.2, 0.25) is 5.15 Å². The second-order valence-corrected chi connectivity index (χ2v) is 8.03. The number of aromatic nitrogens is 3. The van der Waals surface area contributed by atoms with Crippen molar-refractivity contribution >= 4 is 40.3 Å². The number of anilines is 1. The highest BCUT2D eigenvalue weighted by molar-refractivity contribution is 6.30. The third kappa shape index (κ3) is 4.22. The summed E-state index contributed by atoms with van der Waals surface area (Å²) in [5.74, 6) is -0.411. The molecular formula is C22H25ClN4O5. The Morgan fingerprint density at radius 1 is 1.34 bits per heavy atom. The Bertz CT molecular complexity index is 1140. The minimum atomic E-state index is -0.570. The summed E-state index contributed by atoms with van der Waals surface area (Å²) in [4.78, 5) is 32.5. The van der Waals surface area contributed by atoms with E-state index in [0.717, 1.165) is 6.42 Å². The van der Waals surface area contributed by atoms with E-state index in [1.807, 2.05) is 6.92 Å². The molecule has 4 heterocycles. The van der Waals surface area contributed by atoms with Gasteiger partial charge in [-0.3, -0.25) is 14.4 Å². The first-order chi connectivity index (χ1) is 15.4. The minimum absolute atomic E-state index is 0.00198. The number of amides is 1. The Morgan fingerprint density at radius 3 is 2.84 bits per heavy atom. The molecular weight excluding hydrogens is 436 g/mol. The molecule has 0 aromatic carbocycles. The molecule has 0 radical (unpaired) electrons. The van der Waals surface area contributed by atoms with Crippen LogP contribution < -0.4 is 4.90 Å². The Labute approximate surface area is 190 Å². The zero-order valence-electron chi connectivity index (χ0n) is 18.2. The Balaban J connectivity index is 1.90. The van der Waals surface area contributed by atoms with Crippen LogP contribution in [-0.4, -0.2) is 52.0 Å². The van der Waals surface area contributed by atoms with Crippen LogP contribution in [0.1, 0.15) is 49.2 Å². The smallest absolute Gasteiger partial charge is 0.414 e. The molecule has 0 bridgehead atoms. The average Bonchev–Trinajstić information content (AvgIpc) is 3.38. The van der Waals surface area contributed by atoms with Crippen LogP contribution in [0, 0.1) is 0 Å². The molecule has 170 valence electrons. The van der Waals surface area contributed by atoms with E-state index in [0.29, 0.717) is 36.1 Å². The molecule has 1 aliphatic rings. The summed E-state index contributed by atoms with van der Waals surface area (Å²) >= 11 is 6.17. The fourth-order valence-electron chi connectivity index (χ4n) is 3.98. The number of aryl methyl sites for hydroxylation is 1. The Morgan fingerprint density at radius 2 is 2.16 bits per heavy atom. The Kier molecular flexibility index (Phi) is 6.48. The van der Waals surface area contributed by atoms with Crippen LogP contribution in [0.3, 0.4) is 0 Å². The number of nitrogens with zero attached hydrogens (tertiary/aromatic N) is 4. The zero-order valence-corrected chi connectivity index (χ0v) is 19.0. The van der Waals surface area contributed by atoms with E-state index < -0.39 is 11.9 Å². The van der Waals surface area contributed by atoms with Crippen LogP contribution in [0.25, 0.3) is 11.1 Å². The van der Waals surface area contributed by atoms with Gasteiger partial charge in [0.05, 0.1) is 24.5 Å². The number of hydrogen-bond acceptors (Lipinski definition) is 7. The summed E-state index contributed by atoms with van der Waals surface area (Å²) in [6.45, 7) is 4.45. The molecule has 1 fully saturated rings. The van der Waals surface area contributed by atoms with Crippen molar-refractivity contribution in [2.45, 2.75) is 45.3 Å². The lowest BCUT2D eigenvalue weighted by Gasteiger charge is -2.36. The summed E-state index contributed by atoms with van der Waals surface area (Å²) in [6.07, 6.45) is 4.47. The molecule has 9 nitrogen and oxygen atoms in total. The van der Waals surface area contributed by atoms with Gasteiger partial charge in [0.1, 0.15) is 16.4 Å². The first-order valence-electron chi connectivity index (χ1n) is 10.6. The van der Waals surface area contributed by atoms with Crippen molar-refractivity contribution < 1.29 is 23.5 Å². The summed E-state index contributed by atoms with van der Waals surface area (Å²) in [5, 5.41) is 4.30. The number of hydrogen-bond donors (Lipinski definition) is 0. The highest BCUT2D eigenvalue weighted by Crippen LogP contribution is 2.38. The number of ketones is 1. The highest BCUT2D eigenvalue weighted by atomic mass is 35.5. The lowest BCUT2D eigenvalue weighted by molar-refractivity contribution is 0.00467. The molecule has 0 N–H and O–H groups in total. The van der Waals surface area contributed by atoms with Gasteiger partial charge in [-0.05, 0) is 38.3 Å². The van der Waals surface area contributed by atoms with Crippen LogP contribution in [0.5, 0.6) is 0 Å². The minimum Gasteiger partial charge on any atom is -0.449 e. The molecule has 32 heavy (non-hydrogen) atoms. The molecule has 4 rings (SSSR count). The first-order valence-corrected chi connectivity index (χ1v) is 11.0. The van der Waals surface area contributed by atoms with E-state index in [4.69, 9.17) is 25.5 Å². The first kappa shape index (κ1) is 22.3. The molecule has 1 amide bonds. The third-order valence-electron chi connectivity index (χ3n) is 5.51. The maximum atomic E-state index is 13.4. The average molecular weight is 461 g/mol. The molecule has 2 atom stereocenters. The number of halogens is 1. The fourth-order valence-corrected chi connectivity index (χ4v) is 4.13. The topological polar surface area (TPSA) is 99.7 Å². The SMILES string of the molecule is CCOC(=O)N(c1c(C(=O)c2cnn(C)c2)oc2ccc(Cl)nc12)[C@H]1CCO[C@@H](CC)C1. The van der Waals surface area contributed by atoms with Crippen LogP contribution in [0.4, 0.5) is 10.5 Å². The second kappa shape index (κ2) is 9.30. The second-order valence-electron chi connectivity index (χ2n) is 7.64. The number of rotatable bonds is 6. The van der Waals surface area contributed by atoms with Gasteiger partial charge in [-0.15, -0.1) is 0 Å². The summed E-state index contributed by atoms with van der Waals surface area (Å²) in [7, 11) is 1.72. The van der Waals surface area contributed by atoms with E-state index in [9.17, 15) is 9.59 Å². The van der Waals surface area contributed by atoms with Crippen molar-refractivity contribution in [3.63, 3.8) is 0 Å². The maximum Gasteiger partial charge on any atom is 0.414 e. The molecule has 0 spiro atoms. The molecule has 1 saturated heterocycles. The monoisotopic (exact) mass is 460 g/mol. The number of carbonyl (C=O) groups is 2. The van der Waals surface area contributed by atoms with Crippen LogP contribution >= 0.6 is 11.6 Å². The standard InChI is InChI=1S/C22H25ClN4O5/c1-4-15-10-14(8-9-31-15)27(22(29)30-5-2)19-18-16(6-7-17(23)25-18)32-21(19)20(28)13-11-24-26(3)12-13/h6-7,11-12,14-15H,4-5,8-10H2,1-3H3/t14-,15-/m0/s1. The van der Waals surface area contributed by atoms with Gasteiger partial charge in [-0.2, -0.15) is 5.10 Å². The summed E-state index contributed by atoms with van der Waals surface area (Å²) in [6, 6.07) is 2.96.